The number of nitrogens with zero attached hydrogens (tertiary/aromatic N) is 2. The minimum absolute atomic E-state index is 0.000370. The van der Waals surface area contributed by atoms with Crippen molar-refractivity contribution in [2.45, 2.75) is 25.9 Å². The third-order valence-electron chi connectivity index (χ3n) is 3.31. The zero-order valence-electron chi connectivity index (χ0n) is 9.68. The van der Waals surface area contributed by atoms with Crippen LogP contribution in [0.3, 0.4) is 0 Å². The van der Waals surface area contributed by atoms with Crippen molar-refractivity contribution in [3.05, 3.63) is 36.2 Å². The standard InChI is InChI=1S/C12H17N3O/c1-10(16-2)12(6-4-3-5-7-12)8-11-9-13-15-14-11/h3-6,9-10H,7-8H2,1-2H3,(H,13,14,15). The number of hydrogen-bond donors (Lipinski definition) is 1. The molecule has 1 aromatic rings. The van der Waals surface area contributed by atoms with Crippen LogP contribution in [0.1, 0.15) is 19.0 Å². The Morgan fingerprint density at radius 1 is 1.56 bits per heavy atom. The van der Waals surface area contributed by atoms with Gasteiger partial charge in [-0.05, 0) is 13.3 Å². The summed E-state index contributed by atoms with van der Waals surface area (Å²) in [5.41, 5.74) is 0.976. The van der Waals surface area contributed by atoms with Gasteiger partial charge in [-0.2, -0.15) is 15.4 Å². The second-order valence-corrected chi connectivity index (χ2v) is 4.24. The summed E-state index contributed by atoms with van der Waals surface area (Å²) in [4.78, 5) is 0. The van der Waals surface area contributed by atoms with Crippen molar-refractivity contribution in [2.24, 2.45) is 5.41 Å². The van der Waals surface area contributed by atoms with Gasteiger partial charge in [-0.1, -0.05) is 24.3 Å². The fraction of sp³-hybridized carbons (Fsp3) is 0.500. The highest BCUT2D eigenvalue weighted by Crippen LogP contribution is 2.36. The molecular formula is C12H17N3O. The first-order chi connectivity index (χ1) is 7.77. The number of H-pyrrole nitrogens is 1. The number of allylic oxidation sites excluding steroid dienone is 3. The van der Waals surface area contributed by atoms with E-state index in [0.29, 0.717) is 0 Å². The molecule has 1 aromatic heterocycles. The predicted octanol–water partition coefficient (Wildman–Crippen LogP) is 1.88. The summed E-state index contributed by atoms with van der Waals surface area (Å²) in [5, 5.41) is 10.6. The van der Waals surface area contributed by atoms with Crippen molar-refractivity contribution in [3.63, 3.8) is 0 Å². The number of ether oxygens (including phenoxy) is 1. The molecule has 2 rings (SSSR count). The van der Waals surface area contributed by atoms with Gasteiger partial charge < -0.3 is 4.74 Å². The Morgan fingerprint density at radius 3 is 3.00 bits per heavy atom. The van der Waals surface area contributed by atoms with E-state index in [1.807, 2.05) is 0 Å². The van der Waals surface area contributed by atoms with Gasteiger partial charge in [0.1, 0.15) is 0 Å². The summed E-state index contributed by atoms with van der Waals surface area (Å²) in [7, 11) is 1.75. The van der Waals surface area contributed by atoms with Crippen LogP contribution in [0.2, 0.25) is 0 Å². The van der Waals surface area contributed by atoms with E-state index in [2.05, 4.69) is 46.6 Å². The lowest BCUT2D eigenvalue weighted by Gasteiger charge is -2.35. The van der Waals surface area contributed by atoms with Crippen LogP contribution >= 0.6 is 0 Å². The molecule has 4 nitrogen and oxygen atoms in total. The minimum Gasteiger partial charge on any atom is -0.381 e. The molecule has 4 heteroatoms. The third kappa shape index (κ3) is 2.07. The van der Waals surface area contributed by atoms with E-state index in [9.17, 15) is 0 Å². The Hall–Kier alpha value is -1.42. The number of aromatic amines is 1. The molecule has 0 radical (unpaired) electrons. The molecule has 0 amide bonds. The van der Waals surface area contributed by atoms with Crippen LogP contribution in [-0.4, -0.2) is 28.6 Å². The maximum absolute atomic E-state index is 5.50. The van der Waals surface area contributed by atoms with Gasteiger partial charge in [0.2, 0.25) is 0 Å². The molecule has 0 saturated heterocycles. The van der Waals surface area contributed by atoms with Crippen LogP contribution in [0.15, 0.2) is 30.5 Å². The Balaban J connectivity index is 2.21. The predicted molar refractivity (Wildman–Crippen MR) is 61.9 cm³/mol. The van der Waals surface area contributed by atoms with E-state index in [4.69, 9.17) is 4.74 Å². The van der Waals surface area contributed by atoms with Gasteiger partial charge >= 0.3 is 0 Å². The first-order valence-corrected chi connectivity index (χ1v) is 5.49. The average molecular weight is 219 g/mol. The summed E-state index contributed by atoms with van der Waals surface area (Å²) < 4.78 is 5.50. The highest BCUT2D eigenvalue weighted by atomic mass is 16.5. The van der Waals surface area contributed by atoms with Crippen molar-refractivity contribution in [2.75, 3.05) is 7.11 Å². The van der Waals surface area contributed by atoms with Gasteiger partial charge in [-0.15, -0.1) is 0 Å². The SMILES string of the molecule is COC(C)C1(Cc2cn[nH]n2)C=CC=CC1. The van der Waals surface area contributed by atoms with E-state index in [0.717, 1.165) is 18.5 Å². The van der Waals surface area contributed by atoms with Crippen LogP contribution in [0.25, 0.3) is 0 Å². The molecule has 16 heavy (non-hydrogen) atoms. The van der Waals surface area contributed by atoms with Crippen LogP contribution in [0.5, 0.6) is 0 Å². The lowest BCUT2D eigenvalue weighted by molar-refractivity contribution is 0.0277. The number of nitrogens with one attached hydrogen (secondary N) is 1. The number of methoxy groups -OCH3 is 1. The highest BCUT2D eigenvalue weighted by molar-refractivity contribution is 5.20. The molecule has 0 saturated carbocycles. The summed E-state index contributed by atoms with van der Waals surface area (Å²) in [6, 6.07) is 0. The molecule has 2 unspecified atom stereocenters. The Kier molecular flexibility index (Phi) is 3.19. The quantitative estimate of drug-likeness (QED) is 0.841. The fourth-order valence-corrected chi connectivity index (χ4v) is 2.14. The highest BCUT2D eigenvalue weighted by Gasteiger charge is 2.34. The number of rotatable bonds is 4. The third-order valence-corrected chi connectivity index (χ3v) is 3.31. The molecule has 1 N–H and O–H groups in total. The topological polar surface area (TPSA) is 50.8 Å². The maximum Gasteiger partial charge on any atom is 0.0834 e. The average Bonchev–Trinajstić information content (AvgIpc) is 2.82. The van der Waals surface area contributed by atoms with Crippen molar-refractivity contribution in [3.8, 4) is 0 Å². The van der Waals surface area contributed by atoms with E-state index in [-0.39, 0.29) is 11.5 Å². The van der Waals surface area contributed by atoms with Crippen LogP contribution in [0, 0.1) is 5.41 Å². The number of aromatic nitrogens is 3. The minimum atomic E-state index is 0.000370. The van der Waals surface area contributed by atoms with Crippen molar-refractivity contribution in [1.29, 1.82) is 0 Å². The summed E-state index contributed by atoms with van der Waals surface area (Å²) in [5.74, 6) is 0. The van der Waals surface area contributed by atoms with Crippen molar-refractivity contribution < 1.29 is 4.74 Å². The monoisotopic (exact) mass is 219 g/mol. The molecule has 0 fully saturated rings. The van der Waals surface area contributed by atoms with Gasteiger partial charge in [-0.3, -0.25) is 0 Å². The Morgan fingerprint density at radius 2 is 2.44 bits per heavy atom. The van der Waals surface area contributed by atoms with Gasteiger partial charge in [0.25, 0.3) is 0 Å². The molecule has 1 heterocycles. The zero-order valence-corrected chi connectivity index (χ0v) is 9.68. The summed E-state index contributed by atoms with van der Waals surface area (Å²) in [6.07, 6.45) is 12.3. The lowest BCUT2D eigenvalue weighted by atomic mass is 9.73. The van der Waals surface area contributed by atoms with Gasteiger partial charge in [-0.25, -0.2) is 0 Å². The Labute approximate surface area is 95.4 Å². The molecule has 86 valence electrons. The molecule has 2 atom stereocenters. The first-order valence-electron chi connectivity index (χ1n) is 5.49. The van der Waals surface area contributed by atoms with Gasteiger partial charge in [0.15, 0.2) is 0 Å². The maximum atomic E-state index is 5.50. The van der Waals surface area contributed by atoms with Crippen LogP contribution in [-0.2, 0) is 11.2 Å². The molecular weight excluding hydrogens is 202 g/mol. The smallest absolute Gasteiger partial charge is 0.0834 e. The van der Waals surface area contributed by atoms with E-state index < -0.39 is 0 Å². The normalized spacial score (nSPS) is 25.9. The summed E-state index contributed by atoms with van der Waals surface area (Å²) in [6.45, 7) is 2.10. The second-order valence-electron chi connectivity index (χ2n) is 4.24. The van der Waals surface area contributed by atoms with Crippen LogP contribution in [0.4, 0.5) is 0 Å². The number of hydrogen-bond acceptors (Lipinski definition) is 3. The molecule has 0 aliphatic heterocycles. The van der Waals surface area contributed by atoms with Gasteiger partial charge in [0, 0.05) is 18.9 Å². The molecule has 0 aromatic carbocycles. The molecule has 0 spiro atoms. The summed E-state index contributed by atoms with van der Waals surface area (Å²) >= 11 is 0. The van der Waals surface area contributed by atoms with Gasteiger partial charge in [0.05, 0.1) is 18.0 Å². The Bertz CT molecular complexity index is 383. The molecule has 0 bridgehead atoms. The second kappa shape index (κ2) is 4.61. The lowest BCUT2D eigenvalue weighted by Crippen LogP contribution is -2.35. The first kappa shape index (κ1) is 11.1. The van der Waals surface area contributed by atoms with E-state index >= 15 is 0 Å². The largest absolute Gasteiger partial charge is 0.381 e. The van der Waals surface area contributed by atoms with Crippen molar-refractivity contribution >= 4 is 0 Å². The van der Waals surface area contributed by atoms with Crippen molar-refractivity contribution in [1.82, 2.24) is 15.4 Å². The van der Waals surface area contributed by atoms with Crippen LogP contribution < -0.4 is 0 Å². The fourth-order valence-electron chi connectivity index (χ4n) is 2.14. The molecule has 1 aliphatic carbocycles. The molecule has 1 aliphatic rings. The van der Waals surface area contributed by atoms with E-state index in [1.165, 1.54) is 0 Å². The zero-order chi connectivity index (χ0) is 11.4. The van der Waals surface area contributed by atoms with E-state index in [1.54, 1.807) is 13.3 Å².